The number of rotatable bonds is 4. The van der Waals surface area contributed by atoms with Crippen molar-refractivity contribution in [2.45, 2.75) is 44.8 Å². The molecule has 0 aromatic carbocycles. The zero-order valence-electron chi connectivity index (χ0n) is 11.7. The van der Waals surface area contributed by atoms with Crippen LogP contribution in [0.5, 0.6) is 0 Å². The average Bonchev–Trinajstić information content (AvgIpc) is 2.93. The van der Waals surface area contributed by atoms with Crippen molar-refractivity contribution in [1.82, 2.24) is 14.7 Å². The lowest BCUT2D eigenvalue weighted by molar-refractivity contribution is -0.0429. The first-order valence-corrected chi connectivity index (χ1v) is 7.71. The second-order valence-corrected chi connectivity index (χ2v) is 5.98. The number of hydrogen-bond donors (Lipinski definition) is 0. The molecule has 0 spiro atoms. The van der Waals surface area contributed by atoms with E-state index in [1.165, 1.54) is 38.6 Å². The molecule has 0 amide bonds. The summed E-state index contributed by atoms with van der Waals surface area (Å²) in [6, 6.07) is 1.97. The first-order chi connectivity index (χ1) is 9.40. The molecule has 0 unspecified atom stereocenters. The Labute approximate surface area is 115 Å². The van der Waals surface area contributed by atoms with Crippen LogP contribution in [0, 0.1) is 5.92 Å². The van der Waals surface area contributed by atoms with Gasteiger partial charge in [-0.1, -0.05) is 19.3 Å². The Morgan fingerprint density at radius 3 is 2.84 bits per heavy atom. The predicted molar refractivity (Wildman–Crippen MR) is 75.0 cm³/mol. The molecule has 1 saturated carbocycles. The summed E-state index contributed by atoms with van der Waals surface area (Å²) in [5.41, 5.74) is 0. The fourth-order valence-electron chi connectivity index (χ4n) is 3.41. The molecular formula is C15H25N3O. The van der Waals surface area contributed by atoms with Crippen LogP contribution >= 0.6 is 0 Å². The van der Waals surface area contributed by atoms with Crippen LogP contribution < -0.4 is 0 Å². The third kappa shape index (κ3) is 3.80. The van der Waals surface area contributed by atoms with E-state index in [9.17, 15) is 0 Å². The Morgan fingerprint density at radius 1 is 1.16 bits per heavy atom. The summed E-state index contributed by atoms with van der Waals surface area (Å²) >= 11 is 0. The first kappa shape index (κ1) is 13.1. The van der Waals surface area contributed by atoms with E-state index in [4.69, 9.17) is 4.74 Å². The van der Waals surface area contributed by atoms with E-state index in [1.54, 1.807) is 0 Å². The van der Waals surface area contributed by atoms with Crippen LogP contribution in [0.2, 0.25) is 0 Å². The Morgan fingerprint density at radius 2 is 2.05 bits per heavy atom. The van der Waals surface area contributed by atoms with E-state index in [0.29, 0.717) is 6.10 Å². The SMILES string of the molecule is c1cnn(C[C@H]2CN(CC3CCCCC3)CCO2)c1. The molecule has 4 heteroatoms. The fraction of sp³-hybridized carbons (Fsp3) is 0.800. The molecule has 1 atom stereocenters. The highest BCUT2D eigenvalue weighted by Gasteiger charge is 2.24. The minimum atomic E-state index is 0.303. The lowest BCUT2D eigenvalue weighted by atomic mass is 9.89. The summed E-state index contributed by atoms with van der Waals surface area (Å²) in [5.74, 6) is 0.928. The Balaban J connectivity index is 1.47. The summed E-state index contributed by atoms with van der Waals surface area (Å²) in [7, 11) is 0. The highest BCUT2D eigenvalue weighted by molar-refractivity contribution is 4.81. The quantitative estimate of drug-likeness (QED) is 0.834. The molecule has 1 aliphatic heterocycles. The molecule has 0 N–H and O–H groups in total. The predicted octanol–water partition coefficient (Wildman–Crippen LogP) is 2.16. The van der Waals surface area contributed by atoms with Gasteiger partial charge in [0.1, 0.15) is 0 Å². The minimum absolute atomic E-state index is 0.303. The molecule has 0 bridgehead atoms. The van der Waals surface area contributed by atoms with Crippen LogP contribution in [0.1, 0.15) is 32.1 Å². The van der Waals surface area contributed by atoms with E-state index in [2.05, 4.69) is 10.00 Å². The van der Waals surface area contributed by atoms with Gasteiger partial charge in [-0.25, -0.2) is 0 Å². The highest BCUT2D eigenvalue weighted by atomic mass is 16.5. The molecular weight excluding hydrogens is 238 g/mol. The van der Waals surface area contributed by atoms with Gasteiger partial charge in [-0.3, -0.25) is 9.58 Å². The Bertz CT molecular complexity index is 359. The average molecular weight is 263 g/mol. The summed E-state index contributed by atoms with van der Waals surface area (Å²) in [6.45, 7) is 5.20. The Hall–Kier alpha value is -0.870. The van der Waals surface area contributed by atoms with Gasteiger partial charge in [0.15, 0.2) is 0 Å². The highest BCUT2D eigenvalue weighted by Crippen LogP contribution is 2.25. The maximum absolute atomic E-state index is 5.87. The fourth-order valence-corrected chi connectivity index (χ4v) is 3.41. The largest absolute Gasteiger partial charge is 0.374 e. The van der Waals surface area contributed by atoms with Gasteiger partial charge in [0.05, 0.1) is 19.3 Å². The van der Waals surface area contributed by atoms with Crippen molar-refractivity contribution in [2.24, 2.45) is 5.92 Å². The second kappa shape index (κ2) is 6.53. The molecule has 4 nitrogen and oxygen atoms in total. The molecule has 3 rings (SSSR count). The number of aromatic nitrogens is 2. The number of nitrogens with zero attached hydrogens (tertiary/aromatic N) is 3. The summed E-state index contributed by atoms with van der Waals surface area (Å²) in [5, 5.41) is 4.27. The van der Waals surface area contributed by atoms with Crippen molar-refractivity contribution in [3.63, 3.8) is 0 Å². The molecule has 2 fully saturated rings. The van der Waals surface area contributed by atoms with E-state index in [0.717, 1.165) is 32.2 Å². The van der Waals surface area contributed by atoms with Crippen LogP contribution in [0.3, 0.4) is 0 Å². The topological polar surface area (TPSA) is 30.3 Å². The van der Waals surface area contributed by atoms with Crippen molar-refractivity contribution in [2.75, 3.05) is 26.2 Å². The van der Waals surface area contributed by atoms with Gasteiger partial charge in [0.25, 0.3) is 0 Å². The lowest BCUT2D eigenvalue weighted by Crippen LogP contribution is -2.46. The second-order valence-electron chi connectivity index (χ2n) is 5.98. The van der Waals surface area contributed by atoms with Crippen molar-refractivity contribution in [1.29, 1.82) is 0 Å². The van der Waals surface area contributed by atoms with Gasteiger partial charge >= 0.3 is 0 Å². The van der Waals surface area contributed by atoms with E-state index in [-0.39, 0.29) is 0 Å². The van der Waals surface area contributed by atoms with Gasteiger partial charge in [-0.2, -0.15) is 5.10 Å². The zero-order chi connectivity index (χ0) is 12.9. The van der Waals surface area contributed by atoms with Gasteiger partial charge < -0.3 is 4.74 Å². The van der Waals surface area contributed by atoms with Crippen molar-refractivity contribution >= 4 is 0 Å². The maximum Gasteiger partial charge on any atom is 0.0898 e. The number of morpholine rings is 1. The van der Waals surface area contributed by atoms with Crippen LogP contribution in [0.4, 0.5) is 0 Å². The summed E-state index contributed by atoms with van der Waals surface area (Å²) < 4.78 is 7.85. The molecule has 1 aromatic rings. The van der Waals surface area contributed by atoms with E-state index < -0.39 is 0 Å². The van der Waals surface area contributed by atoms with Gasteiger partial charge in [-0.15, -0.1) is 0 Å². The molecule has 106 valence electrons. The molecule has 1 aromatic heterocycles. The zero-order valence-corrected chi connectivity index (χ0v) is 11.7. The molecule has 0 radical (unpaired) electrons. The third-order valence-electron chi connectivity index (χ3n) is 4.41. The minimum Gasteiger partial charge on any atom is -0.374 e. The monoisotopic (exact) mass is 263 g/mol. The van der Waals surface area contributed by atoms with Crippen LogP contribution in [0.15, 0.2) is 18.5 Å². The van der Waals surface area contributed by atoms with Gasteiger partial charge in [0, 0.05) is 32.0 Å². The van der Waals surface area contributed by atoms with E-state index >= 15 is 0 Å². The summed E-state index contributed by atoms with van der Waals surface area (Å²) in [6.07, 6.45) is 11.3. The molecule has 1 saturated heterocycles. The van der Waals surface area contributed by atoms with Gasteiger partial charge in [-0.05, 0) is 24.8 Å². The summed E-state index contributed by atoms with van der Waals surface area (Å²) in [4.78, 5) is 2.60. The molecule has 2 heterocycles. The van der Waals surface area contributed by atoms with Gasteiger partial charge in [0.2, 0.25) is 0 Å². The standard InChI is InChI=1S/C15H25N3O/c1-2-5-14(6-3-1)11-17-9-10-19-15(12-17)13-18-8-4-7-16-18/h4,7-8,14-15H,1-3,5-6,9-13H2/t15-/m1/s1. The van der Waals surface area contributed by atoms with Crippen LogP contribution in [-0.4, -0.2) is 47.0 Å². The lowest BCUT2D eigenvalue weighted by Gasteiger charge is -2.36. The molecule has 2 aliphatic rings. The number of ether oxygens (including phenoxy) is 1. The van der Waals surface area contributed by atoms with Crippen LogP contribution in [-0.2, 0) is 11.3 Å². The first-order valence-electron chi connectivity index (χ1n) is 7.71. The smallest absolute Gasteiger partial charge is 0.0898 e. The molecule has 19 heavy (non-hydrogen) atoms. The van der Waals surface area contributed by atoms with Crippen molar-refractivity contribution in [3.05, 3.63) is 18.5 Å². The van der Waals surface area contributed by atoms with E-state index in [1.807, 2.05) is 23.1 Å². The normalized spacial score (nSPS) is 26.6. The molecule has 1 aliphatic carbocycles. The van der Waals surface area contributed by atoms with Crippen LogP contribution in [0.25, 0.3) is 0 Å². The third-order valence-corrected chi connectivity index (χ3v) is 4.41. The maximum atomic E-state index is 5.87. The number of hydrogen-bond acceptors (Lipinski definition) is 3. The van der Waals surface area contributed by atoms with Crippen molar-refractivity contribution in [3.8, 4) is 0 Å². The Kier molecular flexibility index (Phi) is 4.51. The van der Waals surface area contributed by atoms with Crippen molar-refractivity contribution < 1.29 is 4.74 Å².